The number of methoxy groups -OCH3 is 1. The molecule has 8 nitrogen and oxygen atoms in total. The van der Waals surface area contributed by atoms with Crippen molar-refractivity contribution in [2.75, 3.05) is 20.3 Å². The molecule has 0 bridgehead atoms. The number of aromatic nitrogens is 4. The number of fused-ring (bicyclic) bond motifs is 2. The maximum absolute atomic E-state index is 15.8. The van der Waals surface area contributed by atoms with Crippen molar-refractivity contribution in [1.29, 1.82) is 5.26 Å². The van der Waals surface area contributed by atoms with Gasteiger partial charge in [-0.3, -0.25) is 5.10 Å². The van der Waals surface area contributed by atoms with Crippen molar-refractivity contribution in [3.05, 3.63) is 76.9 Å². The van der Waals surface area contributed by atoms with E-state index in [9.17, 15) is 9.65 Å². The molecule has 6 aromatic rings. The van der Waals surface area contributed by atoms with Gasteiger partial charge in [0.2, 0.25) is 0 Å². The van der Waals surface area contributed by atoms with E-state index in [0.29, 0.717) is 33.9 Å². The number of aromatic amines is 1. The summed E-state index contributed by atoms with van der Waals surface area (Å²) in [5, 5.41) is 20.6. The third-order valence-electron chi connectivity index (χ3n) is 7.14. The fourth-order valence-corrected chi connectivity index (χ4v) is 6.07. The van der Waals surface area contributed by atoms with Crippen LogP contribution in [0.5, 0.6) is 5.75 Å². The predicted molar refractivity (Wildman–Crippen MR) is 159 cm³/mol. The average Bonchev–Trinajstić information content (AvgIpc) is 3.72. The monoisotopic (exact) mass is 584 g/mol. The molecule has 6 rings (SSSR count). The van der Waals surface area contributed by atoms with Crippen LogP contribution in [-0.4, -0.2) is 40.1 Å². The largest absolute Gasteiger partial charge is 0.490 e. The SMILES string of the molecule is COCCOc1cc(F)cc(F)c1-c1c(-c2cc(C(C)N)[nH]n2)nc(-c2ccc3c(c2)c(C#N)cn3C)c2ccsc12. The molecule has 0 amide bonds. The first-order chi connectivity index (χ1) is 20.3. The van der Waals surface area contributed by atoms with Gasteiger partial charge in [-0.2, -0.15) is 10.4 Å². The van der Waals surface area contributed by atoms with E-state index in [1.54, 1.807) is 12.3 Å². The molecule has 0 radical (unpaired) electrons. The summed E-state index contributed by atoms with van der Waals surface area (Å²) in [7, 11) is 3.41. The first kappa shape index (κ1) is 27.5. The Hall–Kier alpha value is -4.63. The maximum atomic E-state index is 15.8. The molecule has 42 heavy (non-hydrogen) atoms. The van der Waals surface area contributed by atoms with E-state index in [-0.39, 0.29) is 30.6 Å². The number of halogens is 2. The van der Waals surface area contributed by atoms with Crippen molar-refractivity contribution >= 4 is 32.3 Å². The zero-order chi connectivity index (χ0) is 29.5. The molecule has 0 aliphatic rings. The number of benzene rings is 2. The Kier molecular flexibility index (Phi) is 7.20. The van der Waals surface area contributed by atoms with Gasteiger partial charge in [0, 0.05) is 70.6 Å². The van der Waals surface area contributed by atoms with Crippen LogP contribution in [0.4, 0.5) is 8.78 Å². The first-order valence-electron chi connectivity index (χ1n) is 13.1. The van der Waals surface area contributed by atoms with Gasteiger partial charge in [-0.1, -0.05) is 6.07 Å². The maximum Gasteiger partial charge on any atom is 0.137 e. The van der Waals surface area contributed by atoms with Crippen LogP contribution in [0.2, 0.25) is 0 Å². The van der Waals surface area contributed by atoms with Gasteiger partial charge < -0.3 is 19.8 Å². The highest BCUT2D eigenvalue weighted by Crippen LogP contribution is 2.47. The van der Waals surface area contributed by atoms with Gasteiger partial charge in [-0.05, 0) is 36.6 Å². The number of hydrogen-bond donors (Lipinski definition) is 2. The lowest BCUT2D eigenvalue weighted by atomic mass is 9.96. The highest BCUT2D eigenvalue weighted by molar-refractivity contribution is 7.18. The molecule has 1 atom stereocenters. The molecular weight excluding hydrogens is 558 g/mol. The van der Waals surface area contributed by atoms with Crippen LogP contribution in [0.1, 0.15) is 24.2 Å². The second kappa shape index (κ2) is 11.0. The number of aryl methyl sites for hydroxylation is 1. The molecule has 11 heteroatoms. The number of pyridine rings is 1. The van der Waals surface area contributed by atoms with Gasteiger partial charge in [-0.15, -0.1) is 11.3 Å². The number of rotatable bonds is 8. The topological polar surface area (TPSA) is 115 Å². The Morgan fingerprint density at radius 3 is 2.67 bits per heavy atom. The van der Waals surface area contributed by atoms with Crippen LogP contribution >= 0.6 is 11.3 Å². The molecule has 2 aromatic carbocycles. The van der Waals surface area contributed by atoms with Gasteiger partial charge in [0.25, 0.3) is 0 Å². The average molecular weight is 585 g/mol. The molecule has 0 fully saturated rings. The predicted octanol–water partition coefficient (Wildman–Crippen LogP) is 6.71. The van der Waals surface area contributed by atoms with Crippen molar-refractivity contribution in [3.63, 3.8) is 0 Å². The Bertz CT molecular complexity index is 2000. The summed E-state index contributed by atoms with van der Waals surface area (Å²) >= 11 is 1.41. The summed E-state index contributed by atoms with van der Waals surface area (Å²) in [5.41, 5.74) is 11.0. The smallest absolute Gasteiger partial charge is 0.137 e. The number of thiophene rings is 1. The third kappa shape index (κ3) is 4.69. The Balaban J connectivity index is 1.67. The molecule has 0 saturated carbocycles. The summed E-state index contributed by atoms with van der Waals surface area (Å²) in [6.07, 6.45) is 1.79. The molecule has 4 aromatic heterocycles. The third-order valence-corrected chi connectivity index (χ3v) is 8.07. The van der Waals surface area contributed by atoms with Gasteiger partial charge in [-0.25, -0.2) is 13.8 Å². The highest BCUT2D eigenvalue weighted by Gasteiger charge is 2.27. The van der Waals surface area contributed by atoms with Gasteiger partial charge >= 0.3 is 0 Å². The molecule has 1 unspecified atom stereocenters. The van der Waals surface area contributed by atoms with Crippen LogP contribution in [0.15, 0.2) is 54.0 Å². The van der Waals surface area contributed by atoms with Crippen molar-refractivity contribution in [1.82, 2.24) is 19.7 Å². The van der Waals surface area contributed by atoms with E-state index in [0.717, 1.165) is 38.7 Å². The van der Waals surface area contributed by atoms with Crippen molar-refractivity contribution in [2.24, 2.45) is 12.8 Å². The van der Waals surface area contributed by atoms with Crippen LogP contribution in [-0.2, 0) is 11.8 Å². The molecular formula is C31H26F2N6O2S. The van der Waals surface area contributed by atoms with Gasteiger partial charge in [0.15, 0.2) is 0 Å². The summed E-state index contributed by atoms with van der Waals surface area (Å²) in [4.78, 5) is 5.09. The Morgan fingerprint density at radius 2 is 1.93 bits per heavy atom. The second-order valence-corrected chi connectivity index (χ2v) is 10.9. The van der Waals surface area contributed by atoms with Crippen LogP contribution in [0, 0.1) is 23.0 Å². The number of hydrogen-bond acceptors (Lipinski definition) is 7. The standard InChI is InChI=1S/C31H26F2N6O2S/c1-16(35)23-13-24(38-37-23)30-28(27-22(33)11-19(32)12-26(27)41-8-7-40-3)31-20(6-9-42-31)29(36-30)17-4-5-25-21(10-17)18(14-34)15-39(25)2/h4-6,9-13,15-16H,7-8,35H2,1-3H3,(H,37,38). The van der Waals surface area contributed by atoms with E-state index in [1.807, 2.05) is 48.2 Å². The normalized spacial score (nSPS) is 12.2. The van der Waals surface area contributed by atoms with Gasteiger partial charge in [0.1, 0.15) is 41.4 Å². The minimum atomic E-state index is -0.791. The summed E-state index contributed by atoms with van der Waals surface area (Å²) in [6.45, 7) is 2.15. The van der Waals surface area contributed by atoms with E-state index in [1.165, 1.54) is 18.4 Å². The number of nitriles is 1. The van der Waals surface area contributed by atoms with E-state index < -0.39 is 11.6 Å². The molecule has 0 saturated heterocycles. The number of nitrogens with one attached hydrogen (secondary N) is 1. The quantitative estimate of drug-likeness (QED) is 0.192. The Morgan fingerprint density at radius 1 is 1.10 bits per heavy atom. The minimum Gasteiger partial charge on any atom is -0.490 e. The van der Waals surface area contributed by atoms with Crippen molar-refractivity contribution in [3.8, 4) is 45.6 Å². The number of H-pyrrole nitrogens is 1. The molecule has 4 heterocycles. The van der Waals surface area contributed by atoms with Crippen LogP contribution in [0.3, 0.4) is 0 Å². The fraction of sp³-hybridized carbons (Fsp3) is 0.194. The summed E-state index contributed by atoms with van der Waals surface area (Å²) < 4.78 is 43.8. The highest BCUT2D eigenvalue weighted by atomic mass is 32.1. The summed E-state index contributed by atoms with van der Waals surface area (Å²) in [6, 6.07) is 13.5. The van der Waals surface area contributed by atoms with Crippen LogP contribution < -0.4 is 10.5 Å². The Labute approximate surface area is 243 Å². The van der Waals surface area contributed by atoms with Crippen molar-refractivity contribution in [2.45, 2.75) is 13.0 Å². The molecule has 212 valence electrons. The molecule has 3 N–H and O–H groups in total. The lowest BCUT2D eigenvalue weighted by molar-refractivity contribution is 0.146. The number of ether oxygens (including phenoxy) is 2. The zero-order valence-electron chi connectivity index (χ0n) is 23.0. The van der Waals surface area contributed by atoms with E-state index >= 15 is 4.39 Å². The lowest BCUT2D eigenvalue weighted by Crippen LogP contribution is -2.07. The van der Waals surface area contributed by atoms with E-state index in [2.05, 4.69) is 16.3 Å². The summed E-state index contributed by atoms with van der Waals surface area (Å²) in [5.74, 6) is -1.52. The molecule has 0 aliphatic heterocycles. The minimum absolute atomic E-state index is 0.0300. The van der Waals surface area contributed by atoms with E-state index in [4.69, 9.17) is 20.2 Å². The second-order valence-electron chi connectivity index (χ2n) is 9.94. The first-order valence-corrected chi connectivity index (χ1v) is 14.0. The lowest BCUT2D eigenvalue weighted by Gasteiger charge is -2.17. The molecule has 0 spiro atoms. The number of nitrogens with zero attached hydrogens (tertiary/aromatic N) is 4. The fourth-order valence-electron chi connectivity index (χ4n) is 5.12. The van der Waals surface area contributed by atoms with Crippen LogP contribution in [0.25, 0.3) is 54.8 Å². The van der Waals surface area contributed by atoms with Gasteiger partial charge in [0.05, 0.1) is 29.1 Å². The number of nitrogens with two attached hydrogens (primary N) is 1. The zero-order valence-corrected chi connectivity index (χ0v) is 23.9. The van der Waals surface area contributed by atoms with Crippen molar-refractivity contribution < 1.29 is 18.3 Å². The molecule has 0 aliphatic carbocycles.